The zero-order chi connectivity index (χ0) is 24.3. The molecule has 1 N–H and O–H groups in total. The number of alkyl halides is 2. The third-order valence-corrected chi connectivity index (χ3v) is 5.02. The van der Waals surface area contributed by atoms with Crippen LogP contribution in [-0.4, -0.2) is 49.9 Å². The van der Waals surface area contributed by atoms with Gasteiger partial charge in [0.25, 0.3) is 0 Å². The van der Waals surface area contributed by atoms with E-state index in [-0.39, 0.29) is 44.2 Å². The summed E-state index contributed by atoms with van der Waals surface area (Å²) >= 11 is 0. The van der Waals surface area contributed by atoms with E-state index in [1.165, 1.54) is 12.0 Å². The van der Waals surface area contributed by atoms with Crippen LogP contribution in [0.1, 0.15) is 26.3 Å². The van der Waals surface area contributed by atoms with Crippen molar-refractivity contribution in [2.75, 3.05) is 27.0 Å². The molecule has 2 aromatic carbocycles. The summed E-state index contributed by atoms with van der Waals surface area (Å²) in [5.74, 6) is -0.763. The van der Waals surface area contributed by atoms with E-state index in [1.54, 1.807) is 63.2 Å². The summed E-state index contributed by atoms with van der Waals surface area (Å²) < 4.78 is 47.1. The van der Waals surface area contributed by atoms with Gasteiger partial charge in [-0.2, -0.15) is 6.92 Å². The molecule has 0 aromatic heterocycles. The van der Waals surface area contributed by atoms with Gasteiger partial charge in [-0.05, 0) is 29.7 Å². The number of carbonyl (C=O) groups excluding carboxylic acids is 1. The van der Waals surface area contributed by atoms with Gasteiger partial charge in [0.2, 0.25) is 5.91 Å². The van der Waals surface area contributed by atoms with Crippen molar-refractivity contribution in [1.82, 2.24) is 4.90 Å². The SMILES string of the molecule is COc1cccc(-c2cccc(C[C@@H]([C@@H]([NH-])CF)N(CCF)C(=O)C(C)C)c2F)c1.[CH2-]C.[Os+]. The Balaban J connectivity index is 0.00000332. The maximum Gasteiger partial charge on any atom is 1.00 e. The van der Waals surface area contributed by atoms with E-state index in [9.17, 15) is 13.6 Å². The first-order valence-electron chi connectivity index (χ1n) is 10.6. The largest absolute Gasteiger partial charge is 1.00 e. The predicted molar refractivity (Wildman–Crippen MR) is 124 cm³/mol. The molecule has 1 amide bonds. The van der Waals surface area contributed by atoms with Gasteiger partial charge < -0.3 is 22.3 Å². The summed E-state index contributed by atoms with van der Waals surface area (Å²) in [6.07, 6.45) is -0.0831. The number of hydrogen-bond donors (Lipinski definition) is 0. The number of ether oxygens (including phenoxy) is 1. The van der Waals surface area contributed by atoms with Gasteiger partial charge in [-0.1, -0.05) is 50.2 Å². The summed E-state index contributed by atoms with van der Waals surface area (Å²) in [6.45, 7) is 6.22. The monoisotopic (exact) mass is 642 g/mol. The predicted octanol–water partition coefficient (Wildman–Crippen LogP) is 6.09. The van der Waals surface area contributed by atoms with Gasteiger partial charge in [-0.15, -0.1) is 0 Å². The topological polar surface area (TPSA) is 53.3 Å². The fourth-order valence-electron chi connectivity index (χ4n) is 3.41. The van der Waals surface area contributed by atoms with Crippen molar-refractivity contribution >= 4 is 5.91 Å². The maximum atomic E-state index is 15.4. The van der Waals surface area contributed by atoms with Crippen molar-refractivity contribution in [3.05, 3.63) is 66.5 Å². The number of hydrogen-bond acceptors (Lipinski definition) is 2. The van der Waals surface area contributed by atoms with Gasteiger partial charge in [0.1, 0.15) is 18.2 Å². The van der Waals surface area contributed by atoms with Crippen molar-refractivity contribution in [2.45, 2.75) is 39.3 Å². The first-order chi connectivity index (χ1) is 15.3. The number of nitrogens with one attached hydrogen (secondary N) is 1. The molecule has 0 aliphatic heterocycles. The molecule has 0 bridgehead atoms. The number of benzene rings is 2. The number of halogens is 3. The van der Waals surface area contributed by atoms with Crippen molar-refractivity contribution in [2.24, 2.45) is 5.92 Å². The third kappa shape index (κ3) is 8.43. The van der Waals surface area contributed by atoms with Crippen molar-refractivity contribution in [1.29, 1.82) is 0 Å². The Morgan fingerprint density at radius 2 is 1.79 bits per heavy atom. The number of rotatable bonds is 10. The first-order valence-corrected chi connectivity index (χ1v) is 10.6. The summed E-state index contributed by atoms with van der Waals surface area (Å²) in [7, 11) is 1.52. The Kier molecular flexibility index (Phi) is 14.9. The van der Waals surface area contributed by atoms with Crippen molar-refractivity contribution in [3.63, 3.8) is 0 Å². The van der Waals surface area contributed by atoms with Crippen LogP contribution in [0.5, 0.6) is 5.75 Å². The van der Waals surface area contributed by atoms with Crippen LogP contribution in [0.25, 0.3) is 16.9 Å². The fourth-order valence-corrected chi connectivity index (χ4v) is 3.41. The zero-order valence-electron chi connectivity index (χ0n) is 19.6. The second kappa shape index (κ2) is 15.8. The van der Waals surface area contributed by atoms with Gasteiger partial charge >= 0.3 is 19.8 Å². The molecule has 0 aliphatic carbocycles. The molecule has 2 rings (SSSR count). The molecule has 0 saturated heterocycles. The van der Waals surface area contributed by atoms with E-state index in [4.69, 9.17) is 10.5 Å². The van der Waals surface area contributed by atoms with E-state index in [2.05, 4.69) is 6.92 Å². The van der Waals surface area contributed by atoms with Gasteiger partial charge in [-0.25, -0.2) is 8.78 Å². The smallest absolute Gasteiger partial charge is 0.671 e. The fraction of sp³-hybridized carbons (Fsp3) is 0.440. The summed E-state index contributed by atoms with van der Waals surface area (Å²) in [5.41, 5.74) is 9.26. The van der Waals surface area contributed by atoms with Crippen LogP contribution in [0.15, 0.2) is 42.5 Å². The van der Waals surface area contributed by atoms with Gasteiger partial charge in [-0.3, -0.25) is 9.18 Å². The molecule has 4 nitrogen and oxygen atoms in total. The number of nitrogens with zero attached hydrogens (tertiary/aromatic N) is 1. The Morgan fingerprint density at radius 3 is 2.33 bits per heavy atom. The molecule has 33 heavy (non-hydrogen) atoms. The van der Waals surface area contributed by atoms with Crippen LogP contribution in [-0.2, 0) is 31.0 Å². The van der Waals surface area contributed by atoms with E-state index in [0.717, 1.165) is 0 Å². The molecule has 8 heteroatoms. The van der Waals surface area contributed by atoms with E-state index in [0.29, 0.717) is 16.9 Å². The van der Waals surface area contributed by atoms with E-state index < -0.39 is 37.2 Å². The number of carbonyl (C=O) groups is 1. The quantitative estimate of drug-likeness (QED) is 0.295. The summed E-state index contributed by atoms with van der Waals surface area (Å²) in [5, 5.41) is 0. The number of methoxy groups -OCH3 is 1. The molecule has 0 fully saturated rings. The van der Waals surface area contributed by atoms with Crippen LogP contribution in [0.4, 0.5) is 13.2 Å². The minimum absolute atomic E-state index is 0. The Morgan fingerprint density at radius 1 is 1.15 bits per heavy atom. The second-order valence-electron chi connectivity index (χ2n) is 7.42. The molecule has 2 atom stereocenters. The average molecular weight is 641 g/mol. The van der Waals surface area contributed by atoms with Crippen molar-refractivity contribution in [3.8, 4) is 16.9 Å². The molecule has 2 aromatic rings. The van der Waals surface area contributed by atoms with Gasteiger partial charge in [0.15, 0.2) is 0 Å². The second-order valence-corrected chi connectivity index (χ2v) is 7.42. The maximum absolute atomic E-state index is 15.4. The zero-order valence-corrected chi connectivity index (χ0v) is 22.1. The van der Waals surface area contributed by atoms with E-state index >= 15 is 4.39 Å². The van der Waals surface area contributed by atoms with Crippen LogP contribution >= 0.6 is 0 Å². The third-order valence-electron chi connectivity index (χ3n) is 5.02. The molecule has 0 aliphatic rings. The van der Waals surface area contributed by atoms with Crippen LogP contribution in [0.2, 0.25) is 0 Å². The molecule has 0 heterocycles. The minimum Gasteiger partial charge on any atom is -0.671 e. The Hall–Kier alpha value is -1.90. The molecule has 1 radical (unpaired) electrons. The molecular formula is C25H33F3N2O2Os-. The van der Waals surface area contributed by atoms with Gasteiger partial charge in [0.05, 0.1) is 13.8 Å². The molecule has 0 saturated carbocycles. The van der Waals surface area contributed by atoms with Crippen LogP contribution < -0.4 is 4.74 Å². The first kappa shape index (κ1) is 31.1. The van der Waals surface area contributed by atoms with Crippen LogP contribution in [0.3, 0.4) is 0 Å². The van der Waals surface area contributed by atoms with E-state index in [1.807, 2.05) is 0 Å². The van der Waals surface area contributed by atoms with Crippen molar-refractivity contribution < 1.29 is 42.5 Å². The van der Waals surface area contributed by atoms with Gasteiger partial charge in [0, 0.05) is 24.1 Å². The van der Waals surface area contributed by atoms with Crippen LogP contribution in [0, 0.1) is 18.7 Å². The Labute approximate surface area is 208 Å². The summed E-state index contributed by atoms with van der Waals surface area (Å²) in [4.78, 5) is 13.8. The molecular weight excluding hydrogens is 608 g/mol. The molecule has 0 unspecified atom stereocenters. The Bertz CT molecular complexity index is 852. The molecule has 185 valence electrons. The minimum atomic E-state index is -1.31. The average Bonchev–Trinajstić information content (AvgIpc) is 2.82. The standard InChI is InChI=1S/C23H28F3N2O2.C2H5.Os/c1-15(2)23(29)28(11-10-24)21(20(27)14-25)13-17-7-5-9-19(22(17)26)16-6-4-8-18(12-16)30-3;1-2;/h4-9,12,15,20-21,27H,10-11,13-14H2,1-3H3;1H2,2H3;/q2*-1;+1/t20-,21-;;/m0../s1. The number of amides is 1. The normalized spacial score (nSPS) is 12.2. The molecule has 0 spiro atoms. The summed E-state index contributed by atoms with van der Waals surface area (Å²) in [6, 6.07) is 9.49.